The summed E-state index contributed by atoms with van der Waals surface area (Å²) in [6.45, 7) is 5.29. The topological polar surface area (TPSA) is 12.0 Å². The summed E-state index contributed by atoms with van der Waals surface area (Å²) < 4.78 is 0. The highest BCUT2D eigenvalue weighted by atomic mass is 35.5. The van der Waals surface area contributed by atoms with Gasteiger partial charge in [-0.1, -0.05) is 29.8 Å². The van der Waals surface area contributed by atoms with E-state index in [1.165, 1.54) is 5.56 Å². The van der Waals surface area contributed by atoms with E-state index in [0.29, 0.717) is 0 Å². The first kappa shape index (κ1) is 9.30. The first-order chi connectivity index (χ1) is 5.83. The summed E-state index contributed by atoms with van der Waals surface area (Å²) in [4.78, 5) is 0. The highest BCUT2D eigenvalue weighted by Gasteiger charge is 1.91. The summed E-state index contributed by atoms with van der Waals surface area (Å²) in [7, 11) is 0. The van der Waals surface area contributed by atoms with Gasteiger partial charge < -0.3 is 5.32 Å². The fourth-order valence-electron chi connectivity index (χ4n) is 0.965. The summed E-state index contributed by atoms with van der Waals surface area (Å²) >= 11 is 5.81. The molecule has 0 aliphatic rings. The zero-order valence-electron chi connectivity index (χ0n) is 6.89. The van der Waals surface area contributed by atoms with Crippen LogP contribution in [-0.4, -0.2) is 6.54 Å². The highest BCUT2D eigenvalue weighted by Crippen LogP contribution is 2.09. The molecule has 0 unspecified atom stereocenters. The van der Waals surface area contributed by atoms with Gasteiger partial charge in [0.05, 0.1) is 0 Å². The van der Waals surface area contributed by atoms with Gasteiger partial charge in [0.15, 0.2) is 0 Å². The monoisotopic (exact) mass is 181 g/mol. The van der Waals surface area contributed by atoms with E-state index in [9.17, 15) is 0 Å². The molecule has 0 amide bonds. The molecule has 1 aromatic rings. The summed E-state index contributed by atoms with van der Waals surface area (Å²) in [5.41, 5.74) is 1.20. The molecule has 0 fully saturated rings. The molecule has 0 aromatic heterocycles. The Morgan fingerprint density at radius 2 is 2.33 bits per heavy atom. The van der Waals surface area contributed by atoms with Gasteiger partial charge in [0, 0.05) is 18.1 Å². The van der Waals surface area contributed by atoms with Crippen LogP contribution < -0.4 is 5.32 Å². The Balaban J connectivity index is 2.46. The molecule has 0 saturated heterocycles. The van der Waals surface area contributed by atoms with Gasteiger partial charge in [-0.15, -0.1) is 6.58 Å². The molecule has 2 heteroatoms. The van der Waals surface area contributed by atoms with Crippen LogP contribution in [0.15, 0.2) is 36.9 Å². The Hall–Kier alpha value is -0.790. The minimum absolute atomic E-state index is 0.785. The molecule has 1 N–H and O–H groups in total. The van der Waals surface area contributed by atoms with Crippen LogP contribution in [-0.2, 0) is 6.54 Å². The summed E-state index contributed by atoms with van der Waals surface area (Å²) in [5, 5.41) is 3.99. The van der Waals surface area contributed by atoms with E-state index in [1.807, 2.05) is 30.3 Å². The third kappa shape index (κ3) is 3.07. The quantitative estimate of drug-likeness (QED) is 0.556. The van der Waals surface area contributed by atoms with Crippen molar-refractivity contribution in [1.82, 2.24) is 5.32 Å². The molecule has 0 atom stereocenters. The Morgan fingerprint density at radius 3 is 3.00 bits per heavy atom. The van der Waals surface area contributed by atoms with Crippen molar-refractivity contribution in [2.24, 2.45) is 0 Å². The van der Waals surface area contributed by atoms with Crippen molar-refractivity contribution in [3.63, 3.8) is 0 Å². The summed E-state index contributed by atoms with van der Waals surface area (Å²) in [6, 6.07) is 7.82. The molecule has 0 aliphatic carbocycles. The lowest BCUT2D eigenvalue weighted by Crippen LogP contribution is -2.12. The Bertz CT molecular complexity index is 258. The standard InChI is InChI=1S/C10H12ClN/c1-2-6-12-8-9-4-3-5-10(11)7-9/h2-5,7,12H,1,6,8H2. The van der Waals surface area contributed by atoms with Gasteiger partial charge in [0.25, 0.3) is 0 Å². The lowest BCUT2D eigenvalue weighted by Gasteiger charge is -2.01. The summed E-state index contributed by atoms with van der Waals surface area (Å²) in [5.74, 6) is 0. The van der Waals surface area contributed by atoms with E-state index in [1.54, 1.807) is 0 Å². The summed E-state index contributed by atoms with van der Waals surface area (Å²) in [6.07, 6.45) is 1.84. The Morgan fingerprint density at radius 1 is 1.50 bits per heavy atom. The Kier molecular flexibility index (Phi) is 3.85. The number of halogens is 1. The molecule has 0 aliphatic heterocycles. The van der Waals surface area contributed by atoms with Crippen molar-refractivity contribution in [3.05, 3.63) is 47.5 Å². The van der Waals surface area contributed by atoms with Gasteiger partial charge in [-0.25, -0.2) is 0 Å². The van der Waals surface area contributed by atoms with Crippen molar-refractivity contribution in [1.29, 1.82) is 0 Å². The number of rotatable bonds is 4. The van der Waals surface area contributed by atoms with Gasteiger partial charge in [-0.05, 0) is 17.7 Å². The van der Waals surface area contributed by atoms with Crippen molar-refractivity contribution in [2.45, 2.75) is 6.54 Å². The second-order valence-electron chi connectivity index (χ2n) is 2.55. The van der Waals surface area contributed by atoms with E-state index in [4.69, 9.17) is 11.6 Å². The predicted molar refractivity (Wildman–Crippen MR) is 53.4 cm³/mol. The molecule has 0 bridgehead atoms. The first-order valence-electron chi connectivity index (χ1n) is 3.89. The minimum atomic E-state index is 0.785. The third-order valence-electron chi connectivity index (χ3n) is 1.51. The molecule has 0 heterocycles. The highest BCUT2D eigenvalue weighted by molar-refractivity contribution is 6.30. The van der Waals surface area contributed by atoms with Crippen molar-refractivity contribution in [3.8, 4) is 0 Å². The zero-order chi connectivity index (χ0) is 8.81. The molecule has 1 rings (SSSR count). The smallest absolute Gasteiger partial charge is 0.0409 e. The van der Waals surface area contributed by atoms with Crippen molar-refractivity contribution < 1.29 is 0 Å². The molecule has 1 nitrogen and oxygen atoms in total. The first-order valence-corrected chi connectivity index (χ1v) is 4.27. The van der Waals surface area contributed by atoms with Gasteiger partial charge in [-0.3, -0.25) is 0 Å². The average Bonchev–Trinajstić information content (AvgIpc) is 2.05. The van der Waals surface area contributed by atoms with E-state index >= 15 is 0 Å². The van der Waals surface area contributed by atoms with Crippen LogP contribution >= 0.6 is 11.6 Å². The van der Waals surface area contributed by atoms with Crippen molar-refractivity contribution >= 4 is 11.6 Å². The molecule has 64 valence electrons. The fraction of sp³-hybridized carbons (Fsp3) is 0.200. The lowest BCUT2D eigenvalue weighted by atomic mass is 10.2. The largest absolute Gasteiger partial charge is 0.309 e. The Labute approximate surface area is 78.1 Å². The molecule has 0 radical (unpaired) electrons. The molecule has 12 heavy (non-hydrogen) atoms. The normalized spacial score (nSPS) is 9.75. The van der Waals surface area contributed by atoms with Gasteiger partial charge in [0.1, 0.15) is 0 Å². The van der Waals surface area contributed by atoms with Crippen LogP contribution in [0.5, 0.6) is 0 Å². The van der Waals surface area contributed by atoms with Gasteiger partial charge >= 0.3 is 0 Å². The predicted octanol–water partition coefficient (Wildman–Crippen LogP) is 2.62. The molecule has 0 saturated carbocycles. The van der Waals surface area contributed by atoms with Gasteiger partial charge in [-0.2, -0.15) is 0 Å². The van der Waals surface area contributed by atoms with Crippen LogP contribution in [0, 0.1) is 0 Å². The van der Waals surface area contributed by atoms with Crippen LogP contribution in [0.25, 0.3) is 0 Å². The second kappa shape index (κ2) is 4.96. The molecule has 1 aromatic carbocycles. The van der Waals surface area contributed by atoms with E-state index in [-0.39, 0.29) is 0 Å². The fourth-order valence-corrected chi connectivity index (χ4v) is 1.18. The number of hydrogen-bond acceptors (Lipinski definition) is 1. The van der Waals surface area contributed by atoms with Crippen LogP contribution in [0.1, 0.15) is 5.56 Å². The maximum absolute atomic E-state index is 5.81. The van der Waals surface area contributed by atoms with Gasteiger partial charge in [0.2, 0.25) is 0 Å². The zero-order valence-corrected chi connectivity index (χ0v) is 7.64. The number of nitrogens with one attached hydrogen (secondary N) is 1. The van der Waals surface area contributed by atoms with Crippen LogP contribution in [0.2, 0.25) is 5.02 Å². The second-order valence-corrected chi connectivity index (χ2v) is 2.99. The maximum atomic E-state index is 5.81. The molecular formula is C10H12ClN. The van der Waals surface area contributed by atoms with Crippen molar-refractivity contribution in [2.75, 3.05) is 6.54 Å². The van der Waals surface area contributed by atoms with E-state index in [2.05, 4.69) is 11.9 Å². The van der Waals surface area contributed by atoms with Crippen LogP contribution in [0.4, 0.5) is 0 Å². The maximum Gasteiger partial charge on any atom is 0.0409 e. The minimum Gasteiger partial charge on any atom is -0.309 e. The van der Waals surface area contributed by atoms with E-state index in [0.717, 1.165) is 18.1 Å². The molecule has 0 spiro atoms. The average molecular weight is 182 g/mol. The molecular weight excluding hydrogens is 170 g/mol. The van der Waals surface area contributed by atoms with Crippen LogP contribution in [0.3, 0.4) is 0 Å². The SMILES string of the molecule is C=CCNCc1cccc(Cl)c1. The third-order valence-corrected chi connectivity index (χ3v) is 1.74. The number of hydrogen-bond donors (Lipinski definition) is 1. The lowest BCUT2D eigenvalue weighted by molar-refractivity contribution is 0.760. The van der Waals surface area contributed by atoms with E-state index < -0.39 is 0 Å². The number of benzene rings is 1.